The minimum atomic E-state index is 0.0190. The van der Waals surface area contributed by atoms with E-state index in [4.69, 9.17) is 9.47 Å². The Kier molecular flexibility index (Phi) is 51.1. The summed E-state index contributed by atoms with van der Waals surface area (Å²) < 4.78 is 10.9. The maximum absolute atomic E-state index is 12.0. The molecular weight excluding hydrogens is 713 g/mol. The second-order valence-electron chi connectivity index (χ2n) is 18.5. The molecule has 58 heavy (non-hydrogen) atoms. The van der Waals surface area contributed by atoms with Gasteiger partial charge in [-0.25, -0.2) is 0 Å². The monoisotopic (exact) mass is 819 g/mol. The maximum Gasteiger partial charge on any atom is 0.305 e. The topological polar surface area (TPSA) is 52.6 Å². The second-order valence-corrected chi connectivity index (χ2v) is 18.5. The lowest BCUT2D eigenvalue weighted by Gasteiger charge is -2.06. The predicted molar refractivity (Wildman–Crippen MR) is 255 cm³/mol. The molecule has 0 aliphatic heterocycles. The fourth-order valence-electron chi connectivity index (χ4n) is 8.48. The molecule has 0 bridgehead atoms. The van der Waals surface area contributed by atoms with Crippen LogP contribution in [0, 0.1) is 0 Å². The first-order valence-corrected chi connectivity index (χ1v) is 27.0. The van der Waals surface area contributed by atoms with Gasteiger partial charge in [-0.1, -0.05) is 284 Å². The molecule has 0 aromatic rings. The van der Waals surface area contributed by atoms with Gasteiger partial charge in [0.1, 0.15) is 0 Å². The molecule has 0 aliphatic rings. The van der Waals surface area contributed by atoms with Crippen LogP contribution in [0.1, 0.15) is 322 Å². The molecule has 0 radical (unpaired) electrons. The molecule has 0 aromatic carbocycles. The number of rotatable bonds is 51. The Balaban J connectivity index is 3.19. The van der Waals surface area contributed by atoms with E-state index in [0.29, 0.717) is 26.1 Å². The summed E-state index contributed by atoms with van der Waals surface area (Å²) in [6.45, 7) is 5.82. The number of ether oxygens (including phenoxy) is 2. The van der Waals surface area contributed by atoms with Gasteiger partial charge in [0.2, 0.25) is 0 Å². The van der Waals surface area contributed by atoms with Crippen LogP contribution in [-0.2, 0) is 19.1 Å². The number of hydrogen-bond donors (Lipinski definition) is 0. The number of unbranched alkanes of at least 4 members (excludes halogenated alkanes) is 43. The normalized spacial score (nSPS) is 11.4. The van der Waals surface area contributed by atoms with E-state index in [2.05, 4.69) is 13.8 Å². The molecule has 0 fully saturated rings. The van der Waals surface area contributed by atoms with Crippen LogP contribution in [0.3, 0.4) is 0 Å². The van der Waals surface area contributed by atoms with E-state index in [0.717, 1.165) is 25.7 Å². The minimum Gasteiger partial charge on any atom is -0.466 e. The third-order valence-electron chi connectivity index (χ3n) is 12.5. The van der Waals surface area contributed by atoms with Gasteiger partial charge in [-0.05, 0) is 25.7 Å². The zero-order valence-electron chi connectivity index (χ0n) is 40.0. The SMILES string of the molecule is CCCCCCCCCCCCCCCCOC(=O)CCCCCCCCCCCCCCCCCCCCC(=O)OCCCCCCCCCCCCCCCC. The van der Waals surface area contributed by atoms with Crippen molar-refractivity contribution < 1.29 is 19.1 Å². The van der Waals surface area contributed by atoms with Gasteiger partial charge in [0.15, 0.2) is 0 Å². The van der Waals surface area contributed by atoms with Crippen LogP contribution in [0.25, 0.3) is 0 Å². The zero-order chi connectivity index (χ0) is 41.9. The van der Waals surface area contributed by atoms with Crippen molar-refractivity contribution >= 4 is 11.9 Å². The number of hydrogen-bond acceptors (Lipinski definition) is 4. The Morgan fingerprint density at radius 3 is 0.569 bits per heavy atom. The first-order chi connectivity index (χ1) is 28.7. The smallest absolute Gasteiger partial charge is 0.305 e. The zero-order valence-corrected chi connectivity index (χ0v) is 40.0. The standard InChI is InChI=1S/C54H106O4/c1-3-5-7-9-11-13-15-17-27-31-35-39-43-47-51-57-53(55)49-45-41-37-33-29-25-23-21-19-20-22-24-26-30-34-38-42-46-50-54(56)58-52-48-44-40-36-32-28-18-16-14-12-10-8-6-4-2/h3-52H2,1-2H3. The lowest BCUT2D eigenvalue weighted by Crippen LogP contribution is -2.05. The molecule has 0 saturated heterocycles. The summed E-state index contributed by atoms with van der Waals surface area (Å²) in [6.07, 6.45) is 62.5. The van der Waals surface area contributed by atoms with E-state index in [1.54, 1.807) is 0 Å². The Labute approximate surface area is 365 Å². The van der Waals surface area contributed by atoms with Crippen molar-refractivity contribution in [1.29, 1.82) is 0 Å². The van der Waals surface area contributed by atoms with Gasteiger partial charge in [0, 0.05) is 12.8 Å². The summed E-state index contributed by atoms with van der Waals surface area (Å²) in [6, 6.07) is 0. The molecule has 0 N–H and O–H groups in total. The Bertz CT molecular complexity index is 717. The molecule has 4 nitrogen and oxygen atoms in total. The molecule has 346 valence electrons. The van der Waals surface area contributed by atoms with Crippen molar-refractivity contribution in [3.63, 3.8) is 0 Å². The molecule has 0 atom stereocenters. The molecule has 0 aromatic heterocycles. The van der Waals surface area contributed by atoms with Crippen LogP contribution < -0.4 is 0 Å². The molecule has 0 spiro atoms. The molecular formula is C54H106O4. The Hall–Kier alpha value is -1.06. The van der Waals surface area contributed by atoms with Gasteiger partial charge >= 0.3 is 11.9 Å². The van der Waals surface area contributed by atoms with Crippen molar-refractivity contribution in [2.24, 2.45) is 0 Å². The summed E-state index contributed by atoms with van der Waals surface area (Å²) in [4.78, 5) is 24.1. The molecule has 0 rings (SSSR count). The summed E-state index contributed by atoms with van der Waals surface area (Å²) >= 11 is 0. The fourth-order valence-corrected chi connectivity index (χ4v) is 8.48. The highest BCUT2D eigenvalue weighted by molar-refractivity contribution is 5.69. The predicted octanol–water partition coefficient (Wildman–Crippen LogP) is 18.8. The molecule has 0 amide bonds. The van der Waals surface area contributed by atoms with Crippen molar-refractivity contribution in [3.8, 4) is 0 Å². The van der Waals surface area contributed by atoms with E-state index in [1.807, 2.05) is 0 Å². The average molecular weight is 819 g/mol. The number of carbonyl (C=O) groups excluding carboxylic acids is 2. The number of esters is 2. The van der Waals surface area contributed by atoms with Gasteiger partial charge in [-0.3, -0.25) is 9.59 Å². The van der Waals surface area contributed by atoms with Gasteiger partial charge in [-0.2, -0.15) is 0 Å². The van der Waals surface area contributed by atoms with E-state index in [-0.39, 0.29) is 11.9 Å². The lowest BCUT2D eigenvalue weighted by molar-refractivity contribution is -0.144. The van der Waals surface area contributed by atoms with E-state index in [9.17, 15) is 9.59 Å². The van der Waals surface area contributed by atoms with Crippen molar-refractivity contribution in [2.75, 3.05) is 13.2 Å². The molecule has 4 heteroatoms. The van der Waals surface area contributed by atoms with Crippen LogP contribution in [-0.4, -0.2) is 25.2 Å². The third-order valence-corrected chi connectivity index (χ3v) is 12.5. The molecule has 0 heterocycles. The van der Waals surface area contributed by atoms with Gasteiger partial charge in [0.25, 0.3) is 0 Å². The van der Waals surface area contributed by atoms with E-state index >= 15 is 0 Å². The Morgan fingerprint density at radius 1 is 0.224 bits per heavy atom. The lowest BCUT2D eigenvalue weighted by atomic mass is 10.0. The summed E-state index contributed by atoms with van der Waals surface area (Å²) in [5.74, 6) is 0.0380. The van der Waals surface area contributed by atoms with Crippen LogP contribution >= 0.6 is 0 Å². The van der Waals surface area contributed by atoms with Crippen LogP contribution in [0.5, 0.6) is 0 Å². The van der Waals surface area contributed by atoms with Gasteiger partial charge in [0.05, 0.1) is 13.2 Å². The minimum absolute atomic E-state index is 0.0190. The summed E-state index contributed by atoms with van der Waals surface area (Å²) in [5, 5.41) is 0. The van der Waals surface area contributed by atoms with Crippen molar-refractivity contribution in [1.82, 2.24) is 0 Å². The van der Waals surface area contributed by atoms with Crippen LogP contribution in [0.15, 0.2) is 0 Å². The molecule has 0 unspecified atom stereocenters. The van der Waals surface area contributed by atoms with E-state index in [1.165, 1.54) is 270 Å². The molecule has 0 saturated carbocycles. The number of carbonyl (C=O) groups is 2. The quantitative estimate of drug-likeness (QED) is 0.0453. The van der Waals surface area contributed by atoms with Crippen molar-refractivity contribution in [2.45, 2.75) is 322 Å². The first kappa shape index (κ1) is 56.9. The van der Waals surface area contributed by atoms with Crippen LogP contribution in [0.4, 0.5) is 0 Å². The summed E-state index contributed by atoms with van der Waals surface area (Å²) in [5.41, 5.74) is 0. The highest BCUT2D eigenvalue weighted by Crippen LogP contribution is 2.17. The van der Waals surface area contributed by atoms with Crippen molar-refractivity contribution in [3.05, 3.63) is 0 Å². The highest BCUT2D eigenvalue weighted by atomic mass is 16.5. The maximum atomic E-state index is 12.0. The van der Waals surface area contributed by atoms with E-state index < -0.39 is 0 Å². The van der Waals surface area contributed by atoms with Gasteiger partial charge in [-0.15, -0.1) is 0 Å². The third kappa shape index (κ3) is 51.1. The fraction of sp³-hybridized carbons (Fsp3) is 0.963. The van der Waals surface area contributed by atoms with Crippen LogP contribution in [0.2, 0.25) is 0 Å². The average Bonchev–Trinajstić information content (AvgIpc) is 3.22. The second kappa shape index (κ2) is 52.1. The Morgan fingerprint density at radius 2 is 0.379 bits per heavy atom. The summed E-state index contributed by atoms with van der Waals surface area (Å²) in [7, 11) is 0. The largest absolute Gasteiger partial charge is 0.466 e. The van der Waals surface area contributed by atoms with Gasteiger partial charge < -0.3 is 9.47 Å². The molecule has 0 aliphatic carbocycles. The highest BCUT2D eigenvalue weighted by Gasteiger charge is 2.04. The first-order valence-electron chi connectivity index (χ1n) is 27.0.